The number of benzene rings is 1. The third kappa shape index (κ3) is 2.92. The smallest absolute Gasteiger partial charge is 0.234 e. The molecule has 4 heteroatoms. The van der Waals surface area contributed by atoms with Crippen LogP contribution in [-0.2, 0) is 4.79 Å². The zero-order valence-corrected chi connectivity index (χ0v) is 16.5. The van der Waals surface area contributed by atoms with Crippen molar-refractivity contribution < 1.29 is 4.79 Å². The molecule has 4 nitrogen and oxygen atoms in total. The van der Waals surface area contributed by atoms with Gasteiger partial charge in [0.15, 0.2) is 0 Å². The van der Waals surface area contributed by atoms with Gasteiger partial charge in [0, 0.05) is 37.4 Å². The molecule has 2 aliphatic carbocycles. The van der Waals surface area contributed by atoms with Gasteiger partial charge in [-0.2, -0.15) is 0 Å². The van der Waals surface area contributed by atoms with Gasteiger partial charge in [-0.1, -0.05) is 32.0 Å². The molecular weight excluding hydrogens is 322 g/mol. The van der Waals surface area contributed by atoms with Crippen LogP contribution >= 0.6 is 0 Å². The molecule has 1 N–H and O–H groups in total. The predicted octanol–water partition coefficient (Wildman–Crippen LogP) is 3.14. The molecule has 3 aliphatic rings. The largest absolute Gasteiger partial charge is 0.369 e. The average molecular weight is 356 g/mol. The minimum atomic E-state index is -0.0428. The van der Waals surface area contributed by atoms with E-state index in [-0.39, 0.29) is 16.9 Å². The summed E-state index contributed by atoms with van der Waals surface area (Å²) < 4.78 is 0. The molecule has 3 atom stereocenters. The highest BCUT2D eigenvalue weighted by Crippen LogP contribution is 2.61. The van der Waals surface area contributed by atoms with Crippen LogP contribution < -0.4 is 10.2 Å². The number of anilines is 1. The highest BCUT2D eigenvalue weighted by atomic mass is 16.2. The second kappa shape index (κ2) is 6.56. The van der Waals surface area contributed by atoms with Crippen LogP contribution in [0.4, 0.5) is 5.69 Å². The summed E-state index contributed by atoms with van der Waals surface area (Å²) in [4.78, 5) is 17.5. The Kier molecular flexibility index (Phi) is 4.50. The second-order valence-electron chi connectivity index (χ2n) is 9.28. The molecule has 0 aromatic heterocycles. The van der Waals surface area contributed by atoms with Crippen molar-refractivity contribution in [3.8, 4) is 0 Å². The van der Waals surface area contributed by atoms with Crippen molar-refractivity contribution in [3.05, 3.63) is 30.3 Å². The zero-order valence-electron chi connectivity index (χ0n) is 16.5. The lowest BCUT2D eigenvalue weighted by Crippen LogP contribution is -2.61. The highest BCUT2D eigenvalue weighted by Gasteiger charge is 2.60. The number of rotatable bonds is 4. The van der Waals surface area contributed by atoms with Crippen LogP contribution in [0.3, 0.4) is 0 Å². The van der Waals surface area contributed by atoms with Gasteiger partial charge in [-0.15, -0.1) is 0 Å². The van der Waals surface area contributed by atoms with Gasteiger partial charge in [0.1, 0.15) is 0 Å². The van der Waals surface area contributed by atoms with E-state index in [2.05, 4.69) is 66.2 Å². The molecule has 1 heterocycles. The summed E-state index contributed by atoms with van der Waals surface area (Å²) in [6, 6.07) is 10.6. The molecule has 1 aromatic carbocycles. The third-order valence-corrected chi connectivity index (χ3v) is 7.87. The standard InChI is InChI=1S/C22H33N3O/c1-21(2)17-9-10-18(15-17)22(21,3)23-20(26)16-24-11-13-25(14-12-24)19-7-5-4-6-8-19/h4-8,17-18H,9-16H2,1-3H3,(H,23,26)/t17-,18+,22+/m0/s1. The summed E-state index contributed by atoms with van der Waals surface area (Å²) in [6.07, 6.45) is 3.91. The Morgan fingerprint density at radius 2 is 1.69 bits per heavy atom. The molecule has 4 rings (SSSR count). The number of carbonyl (C=O) groups is 1. The van der Waals surface area contributed by atoms with E-state index in [1.807, 2.05) is 0 Å². The lowest BCUT2D eigenvalue weighted by Gasteiger charge is -2.48. The highest BCUT2D eigenvalue weighted by molar-refractivity contribution is 5.79. The fraction of sp³-hybridized carbons (Fsp3) is 0.682. The van der Waals surface area contributed by atoms with Gasteiger partial charge >= 0.3 is 0 Å². The van der Waals surface area contributed by atoms with Gasteiger partial charge in [0.05, 0.1) is 6.54 Å². The van der Waals surface area contributed by atoms with Crippen molar-refractivity contribution >= 4 is 11.6 Å². The number of hydrogen-bond donors (Lipinski definition) is 1. The third-order valence-electron chi connectivity index (χ3n) is 7.87. The second-order valence-corrected chi connectivity index (χ2v) is 9.28. The molecule has 1 aromatic rings. The number of piperazine rings is 1. The molecule has 3 fully saturated rings. The Labute approximate surface area is 157 Å². The van der Waals surface area contributed by atoms with Crippen LogP contribution in [0.5, 0.6) is 0 Å². The van der Waals surface area contributed by atoms with Crippen LogP contribution in [0, 0.1) is 17.3 Å². The number of fused-ring (bicyclic) bond motifs is 2. The maximum Gasteiger partial charge on any atom is 0.234 e. The summed E-state index contributed by atoms with van der Waals surface area (Å²) in [6.45, 7) is 11.4. The summed E-state index contributed by atoms with van der Waals surface area (Å²) in [7, 11) is 0. The molecule has 2 bridgehead atoms. The molecule has 2 saturated carbocycles. The zero-order chi connectivity index (χ0) is 18.4. The van der Waals surface area contributed by atoms with Crippen molar-refractivity contribution in [1.82, 2.24) is 10.2 Å². The predicted molar refractivity (Wildman–Crippen MR) is 106 cm³/mol. The minimum Gasteiger partial charge on any atom is -0.369 e. The number of nitrogens with zero attached hydrogens (tertiary/aromatic N) is 2. The van der Waals surface area contributed by atoms with Gasteiger partial charge in [0.25, 0.3) is 0 Å². The maximum absolute atomic E-state index is 12.8. The summed E-state index contributed by atoms with van der Waals surface area (Å²) in [5.41, 5.74) is 1.45. The topological polar surface area (TPSA) is 35.6 Å². The number of para-hydroxylation sites is 1. The molecule has 26 heavy (non-hydrogen) atoms. The molecule has 1 saturated heterocycles. The van der Waals surface area contributed by atoms with E-state index in [9.17, 15) is 4.79 Å². The number of carbonyl (C=O) groups excluding carboxylic acids is 1. The minimum absolute atomic E-state index is 0.0428. The van der Waals surface area contributed by atoms with Crippen molar-refractivity contribution in [2.24, 2.45) is 17.3 Å². The first-order valence-corrected chi connectivity index (χ1v) is 10.2. The van der Waals surface area contributed by atoms with E-state index in [0.717, 1.165) is 32.1 Å². The molecule has 1 amide bonds. The van der Waals surface area contributed by atoms with E-state index in [1.165, 1.54) is 24.9 Å². The number of hydrogen-bond acceptors (Lipinski definition) is 3. The van der Waals surface area contributed by atoms with Gasteiger partial charge in [-0.3, -0.25) is 9.69 Å². The van der Waals surface area contributed by atoms with Crippen molar-refractivity contribution in [1.29, 1.82) is 0 Å². The van der Waals surface area contributed by atoms with Crippen LogP contribution in [-0.4, -0.2) is 49.1 Å². The van der Waals surface area contributed by atoms with Crippen LogP contribution in [0.2, 0.25) is 0 Å². The normalized spacial score (nSPS) is 33.4. The Bertz CT molecular complexity index is 651. The maximum atomic E-state index is 12.8. The lowest BCUT2D eigenvalue weighted by molar-refractivity contribution is -0.126. The van der Waals surface area contributed by atoms with E-state index in [4.69, 9.17) is 0 Å². The quantitative estimate of drug-likeness (QED) is 0.901. The molecule has 0 spiro atoms. The SMILES string of the molecule is CC1(C)[C@H]2CC[C@H](C2)[C@@]1(C)NC(=O)CN1CCN(c2ccccc2)CC1. The first kappa shape index (κ1) is 17.8. The lowest BCUT2D eigenvalue weighted by atomic mass is 9.64. The Morgan fingerprint density at radius 1 is 1.04 bits per heavy atom. The van der Waals surface area contributed by atoms with Crippen LogP contribution in [0.15, 0.2) is 30.3 Å². The first-order valence-electron chi connectivity index (χ1n) is 10.2. The Hall–Kier alpha value is -1.55. The van der Waals surface area contributed by atoms with Gasteiger partial charge in [0.2, 0.25) is 5.91 Å². The summed E-state index contributed by atoms with van der Waals surface area (Å²) >= 11 is 0. The van der Waals surface area contributed by atoms with E-state index in [1.54, 1.807) is 0 Å². The number of amides is 1. The van der Waals surface area contributed by atoms with Gasteiger partial charge < -0.3 is 10.2 Å². The van der Waals surface area contributed by atoms with Crippen molar-refractivity contribution in [2.45, 2.75) is 45.6 Å². The number of nitrogens with one attached hydrogen (secondary N) is 1. The van der Waals surface area contributed by atoms with E-state index in [0.29, 0.717) is 12.5 Å². The molecular formula is C22H33N3O. The van der Waals surface area contributed by atoms with Crippen LogP contribution in [0.25, 0.3) is 0 Å². The van der Waals surface area contributed by atoms with E-state index < -0.39 is 0 Å². The fourth-order valence-electron chi connectivity index (χ4n) is 5.71. The Balaban J connectivity index is 1.31. The first-order chi connectivity index (χ1) is 12.4. The Morgan fingerprint density at radius 3 is 2.31 bits per heavy atom. The van der Waals surface area contributed by atoms with Crippen molar-refractivity contribution in [2.75, 3.05) is 37.6 Å². The molecule has 0 unspecified atom stereocenters. The fourth-order valence-corrected chi connectivity index (χ4v) is 5.71. The summed E-state index contributed by atoms with van der Waals surface area (Å²) in [5.74, 6) is 1.63. The molecule has 142 valence electrons. The van der Waals surface area contributed by atoms with Crippen LogP contribution in [0.1, 0.15) is 40.0 Å². The monoisotopic (exact) mass is 355 g/mol. The van der Waals surface area contributed by atoms with Gasteiger partial charge in [-0.25, -0.2) is 0 Å². The van der Waals surface area contributed by atoms with E-state index >= 15 is 0 Å². The summed E-state index contributed by atoms with van der Waals surface area (Å²) in [5, 5.41) is 3.47. The van der Waals surface area contributed by atoms with Crippen molar-refractivity contribution in [3.63, 3.8) is 0 Å². The average Bonchev–Trinajstić information content (AvgIpc) is 3.19. The van der Waals surface area contributed by atoms with Gasteiger partial charge in [-0.05, 0) is 55.6 Å². The molecule has 1 aliphatic heterocycles. The molecule has 0 radical (unpaired) electrons.